The van der Waals surface area contributed by atoms with Crippen molar-refractivity contribution in [3.63, 3.8) is 0 Å². The van der Waals surface area contributed by atoms with Crippen LogP contribution < -0.4 is 14.2 Å². The maximum absolute atomic E-state index is 14.5. The maximum Gasteiger partial charge on any atom is 0.416 e. The number of benzene rings is 4. The van der Waals surface area contributed by atoms with Gasteiger partial charge in [0.1, 0.15) is 24.0 Å². The molecule has 3 heterocycles. The number of methoxy groups -OCH3 is 2. The van der Waals surface area contributed by atoms with Crippen LogP contribution in [0.15, 0.2) is 72.8 Å². The minimum atomic E-state index is -4.63. The van der Waals surface area contributed by atoms with Gasteiger partial charge in [-0.15, -0.1) is 0 Å². The van der Waals surface area contributed by atoms with Gasteiger partial charge in [-0.1, -0.05) is 18.2 Å². The number of nitrogens with one attached hydrogen (secondary N) is 1. The highest BCUT2D eigenvalue weighted by atomic mass is 19.4. The number of nitrogens with zero attached hydrogens (tertiary/aromatic N) is 1. The molecule has 0 radical (unpaired) electrons. The van der Waals surface area contributed by atoms with Crippen LogP contribution in [0.3, 0.4) is 0 Å². The first-order valence-electron chi connectivity index (χ1n) is 14.5. The molecule has 0 amide bonds. The lowest BCUT2D eigenvalue weighted by atomic mass is 9.80. The Balaban J connectivity index is 1.26. The van der Waals surface area contributed by atoms with Crippen LogP contribution in [0.4, 0.5) is 22.0 Å². The predicted molar refractivity (Wildman–Crippen MR) is 159 cm³/mol. The molecule has 2 aliphatic heterocycles. The van der Waals surface area contributed by atoms with Gasteiger partial charge in [0.2, 0.25) is 0 Å². The summed E-state index contributed by atoms with van der Waals surface area (Å²) < 4.78 is 84.7. The molecule has 7 rings (SSSR count). The minimum Gasteiger partial charge on any atom is -0.497 e. The number of hydrogen-bond acceptors (Lipinski definition) is 4. The van der Waals surface area contributed by atoms with Gasteiger partial charge in [0.05, 0.1) is 25.8 Å². The largest absolute Gasteiger partial charge is 0.497 e. The number of alkyl halides is 3. The van der Waals surface area contributed by atoms with E-state index in [9.17, 15) is 22.0 Å². The molecule has 232 valence electrons. The van der Waals surface area contributed by atoms with Crippen molar-refractivity contribution in [1.29, 1.82) is 0 Å². The Bertz CT molecular complexity index is 1900. The number of ether oxygens (including phenoxy) is 3. The number of H-pyrrole nitrogens is 1. The molecule has 10 heteroatoms. The predicted octanol–water partition coefficient (Wildman–Crippen LogP) is 8.31. The first-order valence-corrected chi connectivity index (χ1v) is 14.5. The second kappa shape index (κ2) is 11.1. The molecular weight excluding hydrogens is 591 g/mol. The zero-order valence-electron chi connectivity index (χ0n) is 24.5. The fourth-order valence-corrected chi connectivity index (χ4v) is 6.72. The lowest BCUT2D eigenvalue weighted by Crippen LogP contribution is -2.43. The molecule has 1 N–H and O–H groups in total. The normalized spacial score (nSPS) is 17.8. The van der Waals surface area contributed by atoms with E-state index in [1.165, 1.54) is 19.2 Å². The van der Waals surface area contributed by atoms with Crippen LogP contribution >= 0.6 is 0 Å². The highest BCUT2D eigenvalue weighted by Crippen LogP contribution is 2.50. The number of aromatic amines is 1. The summed E-state index contributed by atoms with van der Waals surface area (Å²) in [6, 6.07) is 18.6. The van der Waals surface area contributed by atoms with Crippen molar-refractivity contribution in [1.82, 2.24) is 9.88 Å². The Morgan fingerprint density at radius 3 is 2.40 bits per heavy atom. The van der Waals surface area contributed by atoms with Gasteiger partial charge in [-0.25, -0.2) is 8.78 Å². The first kappa shape index (κ1) is 29.2. The van der Waals surface area contributed by atoms with Gasteiger partial charge in [-0.05, 0) is 89.7 Å². The highest BCUT2D eigenvalue weighted by Gasteiger charge is 2.41. The van der Waals surface area contributed by atoms with Crippen LogP contribution in [0.5, 0.6) is 17.2 Å². The summed E-state index contributed by atoms with van der Waals surface area (Å²) in [5.41, 5.74) is 5.23. The summed E-state index contributed by atoms with van der Waals surface area (Å²) in [7, 11) is 3.15. The van der Waals surface area contributed by atoms with Crippen molar-refractivity contribution in [2.75, 3.05) is 20.8 Å². The van der Waals surface area contributed by atoms with E-state index in [2.05, 4.69) is 9.88 Å². The molecule has 5 nitrogen and oxygen atoms in total. The number of halogens is 5. The maximum atomic E-state index is 14.5. The molecule has 0 bridgehead atoms. The van der Waals surface area contributed by atoms with Crippen LogP contribution in [0.2, 0.25) is 0 Å². The number of fused-ring (bicyclic) bond motifs is 6. The van der Waals surface area contributed by atoms with Gasteiger partial charge in [-0.3, -0.25) is 4.90 Å². The van der Waals surface area contributed by atoms with Crippen molar-refractivity contribution in [2.24, 2.45) is 0 Å². The lowest BCUT2D eigenvalue weighted by molar-refractivity contribution is -0.137. The summed E-state index contributed by atoms with van der Waals surface area (Å²) in [6.07, 6.45) is -3.25. The third kappa shape index (κ3) is 5.16. The SMILES string of the molecule is COc1ccc2[nH]c3c(c2c1)CC1c2cc(OC)c(OCc4ccc(C(F)(F)F)cc4F)cc2CCN1C3c1ccc(F)cc1. The molecule has 0 saturated carbocycles. The van der Waals surface area contributed by atoms with Gasteiger partial charge in [0.15, 0.2) is 11.5 Å². The van der Waals surface area contributed by atoms with Crippen molar-refractivity contribution in [3.05, 3.63) is 124 Å². The number of hydrogen-bond donors (Lipinski definition) is 1. The van der Waals surface area contributed by atoms with E-state index in [0.717, 1.165) is 56.7 Å². The van der Waals surface area contributed by atoms with Gasteiger partial charge in [0, 0.05) is 34.7 Å². The minimum absolute atomic E-state index is 0.00524. The Labute approximate surface area is 256 Å². The standard InChI is InChI=1S/C35H29F5N2O3/c1-43-24-9-10-29-26(15-24)27-16-30-25-17-31(44-2)32(45-18-21-3-6-22(14-28(21)37)35(38,39)40)13-20(25)11-12-42(30)34(33(27)41-29)19-4-7-23(36)8-5-19/h3-10,13-15,17,30,34,41H,11-12,16,18H2,1-2H3. The molecule has 4 aromatic carbocycles. The van der Waals surface area contributed by atoms with Crippen LogP contribution in [0, 0.1) is 11.6 Å². The van der Waals surface area contributed by atoms with E-state index in [1.807, 2.05) is 42.5 Å². The van der Waals surface area contributed by atoms with Gasteiger partial charge in [-0.2, -0.15) is 13.2 Å². The quantitative estimate of drug-likeness (QED) is 0.194. The lowest BCUT2D eigenvalue weighted by Gasteiger charge is -2.46. The van der Waals surface area contributed by atoms with Gasteiger partial charge < -0.3 is 19.2 Å². The van der Waals surface area contributed by atoms with Crippen molar-refractivity contribution in [2.45, 2.75) is 37.7 Å². The molecule has 2 aliphatic rings. The summed E-state index contributed by atoms with van der Waals surface area (Å²) in [5.74, 6) is 0.282. The van der Waals surface area contributed by atoms with E-state index < -0.39 is 17.6 Å². The van der Waals surface area contributed by atoms with Crippen molar-refractivity contribution >= 4 is 10.9 Å². The molecule has 0 fully saturated rings. The molecule has 0 saturated heterocycles. The second-order valence-electron chi connectivity index (χ2n) is 11.4. The third-order valence-electron chi connectivity index (χ3n) is 8.92. The zero-order chi connectivity index (χ0) is 31.5. The topological polar surface area (TPSA) is 46.7 Å². The van der Waals surface area contributed by atoms with E-state index in [4.69, 9.17) is 14.2 Å². The first-order chi connectivity index (χ1) is 21.6. The Hall–Kier alpha value is -4.57. The third-order valence-corrected chi connectivity index (χ3v) is 8.92. The van der Waals surface area contributed by atoms with Crippen molar-refractivity contribution < 1.29 is 36.2 Å². The monoisotopic (exact) mass is 620 g/mol. The Kier molecular flexibility index (Phi) is 7.19. The summed E-state index contributed by atoms with van der Waals surface area (Å²) in [6.45, 7) is 0.443. The summed E-state index contributed by atoms with van der Waals surface area (Å²) >= 11 is 0. The average Bonchev–Trinajstić information content (AvgIpc) is 3.40. The fraction of sp³-hybridized carbons (Fsp3) is 0.257. The fourth-order valence-electron chi connectivity index (χ4n) is 6.72. The molecule has 2 unspecified atom stereocenters. The van der Waals surface area contributed by atoms with Crippen LogP contribution in [0.1, 0.15) is 51.2 Å². The average molecular weight is 621 g/mol. The Morgan fingerprint density at radius 2 is 1.69 bits per heavy atom. The Morgan fingerprint density at radius 1 is 0.889 bits per heavy atom. The van der Waals surface area contributed by atoms with Crippen molar-refractivity contribution in [3.8, 4) is 17.2 Å². The summed E-state index contributed by atoms with van der Waals surface area (Å²) in [4.78, 5) is 6.06. The molecule has 45 heavy (non-hydrogen) atoms. The molecular formula is C35H29F5N2O3. The number of rotatable bonds is 6. The van der Waals surface area contributed by atoms with E-state index >= 15 is 0 Å². The summed E-state index contributed by atoms with van der Waals surface area (Å²) in [5, 5.41) is 1.06. The smallest absolute Gasteiger partial charge is 0.416 e. The molecule has 5 aromatic rings. The van der Waals surface area contributed by atoms with E-state index in [-0.39, 0.29) is 30.1 Å². The highest BCUT2D eigenvalue weighted by molar-refractivity contribution is 5.87. The number of aromatic nitrogens is 1. The second-order valence-corrected chi connectivity index (χ2v) is 11.4. The zero-order valence-corrected chi connectivity index (χ0v) is 24.5. The van der Waals surface area contributed by atoms with E-state index in [0.29, 0.717) is 37.0 Å². The van der Waals surface area contributed by atoms with Gasteiger partial charge in [0.25, 0.3) is 0 Å². The van der Waals surface area contributed by atoms with E-state index in [1.54, 1.807) is 7.11 Å². The molecule has 0 spiro atoms. The van der Waals surface area contributed by atoms with Crippen LogP contribution in [0.25, 0.3) is 10.9 Å². The van der Waals surface area contributed by atoms with Gasteiger partial charge >= 0.3 is 6.18 Å². The van der Waals surface area contributed by atoms with Crippen LogP contribution in [-0.4, -0.2) is 30.6 Å². The molecule has 0 aliphatic carbocycles. The molecule has 2 atom stereocenters. The molecule has 1 aromatic heterocycles. The van der Waals surface area contributed by atoms with Crippen LogP contribution in [-0.2, 0) is 25.6 Å².